The standard InChI is InChI=1S/C36H41N9O4/c1-22-27-20-38-36(42-33(27)45(25-8-4-5-9-25)35(49)32(22)23(2)46)40-30-13-11-26(19-37-30)44-17-15-43(16-18-44)21-24-7-3-6-10-28(24)39-29-12-14-31(47)41-34(29)48/h3,6-7,10-11,13,19-20,25,29,39H,4-5,8-9,12,14-18,21H2,1-2H3,(H,41,47,48)(H,37,38,40,42). The first-order chi connectivity index (χ1) is 23.7. The number of anilines is 4. The number of ketones is 1. The van der Waals surface area contributed by atoms with Crippen molar-refractivity contribution in [3.05, 3.63) is 75.8 Å². The van der Waals surface area contributed by atoms with Crippen molar-refractivity contribution in [2.45, 2.75) is 71.0 Å². The molecular formula is C36H41N9O4. The molecular weight excluding hydrogens is 622 g/mol. The number of Topliss-reactive ketones (excluding diaryl/α,β-unsaturated/α-hetero) is 1. The van der Waals surface area contributed by atoms with Gasteiger partial charge in [0.15, 0.2) is 5.78 Å². The maximum absolute atomic E-state index is 13.5. The number of nitrogens with zero attached hydrogens (tertiary/aromatic N) is 6. The summed E-state index contributed by atoms with van der Waals surface area (Å²) in [4.78, 5) is 68.4. The Kier molecular flexibility index (Phi) is 9.09. The van der Waals surface area contributed by atoms with Crippen LogP contribution < -0.4 is 26.4 Å². The number of aryl methyl sites for hydroxylation is 1. The highest BCUT2D eigenvalue weighted by Gasteiger charge is 2.28. The molecule has 2 aliphatic heterocycles. The molecule has 1 aromatic carbocycles. The van der Waals surface area contributed by atoms with Gasteiger partial charge in [-0.05, 0) is 62.4 Å². The summed E-state index contributed by atoms with van der Waals surface area (Å²) < 4.78 is 1.71. The third kappa shape index (κ3) is 6.75. The van der Waals surface area contributed by atoms with Crippen molar-refractivity contribution in [2.24, 2.45) is 0 Å². The summed E-state index contributed by atoms with van der Waals surface area (Å²) in [7, 11) is 0. The molecule has 0 spiro atoms. The van der Waals surface area contributed by atoms with E-state index < -0.39 is 6.04 Å². The second-order valence-electron chi connectivity index (χ2n) is 13.2. The lowest BCUT2D eigenvalue weighted by atomic mass is 10.0. The fourth-order valence-electron chi connectivity index (χ4n) is 7.29. The highest BCUT2D eigenvalue weighted by molar-refractivity contribution is 6.01. The highest BCUT2D eigenvalue weighted by atomic mass is 16.2. The zero-order valence-electron chi connectivity index (χ0n) is 27.9. The van der Waals surface area contributed by atoms with E-state index in [1.165, 1.54) is 6.92 Å². The van der Waals surface area contributed by atoms with Crippen LogP contribution in [0.1, 0.15) is 73.0 Å². The smallest absolute Gasteiger partial charge is 0.263 e. The number of para-hydroxylation sites is 1. The molecule has 1 atom stereocenters. The van der Waals surface area contributed by atoms with Crippen LogP contribution in [-0.2, 0) is 16.1 Å². The first-order valence-corrected chi connectivity index (χ1v) is 17.1. The molecule has 3 N–H and O–H groups in total. The van der Waals surface area contributed by atoms with Crippen molar-refractivity contribution >= 4 is 51.8 Å². The minimum absolute atomic E-state index is 0.0126. The topological polar surface area (TPSA) is 154 Å². The van der Waals surface area contributed by atoms with Gasteiger partial charge in [-0.2, -0.15) is 4.98 Å². The molecule has 3 aliphatic rings. The van der Waals surface area contributed by atoms with Gasteiger partial charge in [0.1, 0.15) is 17.5 Å². The first-order valence-electron chi connectivity index (χ1n) is 17.1. The Morgan fingerprint density at radius 2 is 1.73 bits per heavy atom. The van der Waals surface area contributed by atoms with Gasteiger partial charge in [0.25, 0.3) is 5.56 Å². The number of hydrogen-bond donors (Lipinski definition) is 3. The molecule has 5 heterocycles. The number of benzene rings is 1. The lowest BCUT2D eigenvalue weighted by molar-refractivity contribution is -0.133. The normalized spacial score (nSPS) is 18.9. The summed E-state index contributed by atoms with van der Waals surface area (Å²) in [6.45, 7) is 7.39. The first kappa shape index (κ1) is 32.4. The number of fused-ring (bicyclic) bond motifs is 1. The number of imide groups is 1. The monoisotopic (exact) mass is 663 g/mol. The number of amides is 2. The predicted octanol–water partition coefficient (Wildman–Crippen LogP) is 4.10. The molecule has 4 aromatic rings. The second-order valence-corrected chi connectivity index (χ2v) is 13.2. The van der Waals surface area contributed by atoms with Crippen LogP contribution in [0.25, 0.3) is 11.0 Å². The van der Waals surface area contributed by atoms with Gasteiger partial charge in [-0.1, -0.05) is 31.0 Å². The summed E-state index contributed by atoms with van der Waals surface area (Å²) >= 11 is 0. The average molecular weight is 664 g/mol. The van der Waals surface area contributed by atoms with Crippen molar-refractivity contribution in [1.82, 2.24) is 29.7 Å². The van der Waals surface area contributed by atoms with Gasteiger partial charge in [0.2, 0.25) is 17.8 Å². The SMILES string of the molecule is CC(=O)c1c(C)c2cnc(Nc3ccc(N4CCN(Cc5ccccc5NC5CCC(=O)NC5=O)CC4)cn3)nc2n(C2CCCC2)c1=O. The van der Waals surface area contributed by atoms with E-state index in [1.54, 1.807) is 17.7 Å². The van der Waals surface area contributed by atoms with Gasteiger partial charge in [-0.15, -0.1) is 0 Å². The van der Waals surface area contributed by atoms with Crippen LogP contribution in [-0.4, -0.2) is 74.2 Å². The zero-order valence-corrected chi connectivity index (χ0v) is 27.9. The molecule has 13 nitrogen and oxygen atoms in total. The quantitative estimate of drug-likeness (QED) is 0.175. The predicted molar refractivity (Wildman–Crippen MR) is 187 cm³/mol. The molecule has 13 heteroatoms. The largest absolute Gasteiger partial charge is 0.373 e. The number of carbonyl (C=O) groups is 3. The third-order valence-electron chi connectivity index (χ3n) is 9.96. The summed E-state index contributed by atoms with van der Waals surface area (Å²) in [6, 6.07) is 11.5. The minimum atomic E-state index is -0.419. The van der Waals surface area contributed by atoms with Gasteiger partial charge in [-0.25, -0.2) is 9.97 Å². The molecule has 3 fully saturated rings. The molecule has 254 valence electrons. The number of hydrogen-bond acceptors (Lipinski definition) is 11. The van der Waals surface area contributed by atoms with Crippen LogP contribution in [0.4, 0.5) is 23.1 Å². The fourth-order valence-corrected chi connectivity index (χ4v) is 7.29. The van der Waals surface area contributed by atoms with Crippen molar-refractivity contribution in [3.8, 4) is 0 Å². The summed E-state index contributed by atoms with van der Waals surface area (Å²) in [5.74, 6) is 0.197. The molecule has 3 aromatic heterocycles. The number of nitrogens with one attached hydrogen (secondary N) is 3. The Bertz CT molecular complexity index is 1960. The van der Waals surface area contributed by atoms with Gasteiger partial charge < -0.3 is 15.5 Å². The van der Waals surface area contributed by atoms with Gasteiger partial charge in [0.05, 0.1) is 17.4 Å². The van der Waals surface area contributed by atoms with Crippen LogP contribution >= 0.6 is 0 Å². The summed E-state index contributed by atoms with van der Waals surface area (Å²) in [5, 5.41) is 9.68. The zero-order chi connectivity index (χ0) is 34.1. The van der Waals surface area contributed by atoms with E-state index in [2.05, 4.69) is 41.8 Å². The minimum Gasteiger partial charge on any atom is -0.373 e. The third-order valence-corrected chi connectivity index (χ3v) is 9.96. The number of pyridine rings is 2. The van der Waals surface area contributed by atoms with Crippen LogP contribution in [0, 0.1) is 6.92 Å². The Morgan fingerprint density at radius 3 is 2.45 bits per heavy atom. The fraction of sp³-hybridized carbons (Fsp3) is 0.417. The molecule has 1 aliphatic carbocycles. The van der Waals surface area contributed by atoms with E-state index in [4.69, 9.17) is 4.98 Å². The molecule has 49 heavy (non-hydrogen) atoms. The summed E-state index contributed by atoms with van der Waals surface area (Å²) in [5.41, 5.74) is 4.15. The molecule has 2 amide bonds. The van der Waals surface area contributed by atoms with E-state index >= 15 is 0 Å². The average Bonchev–Trinajstić information content (AvgIpc) is 3.62. The molecule has 2 saturated heterocycles. The van der Waals surface area contributed by atoms with Crippen molar-refractivity contribution in [1.29, 1.82) is 0 Å². The number of aromatic nitrogens is 4. The van der Waals surface area contributed by atoms with Crippen LogP contribution in [0.5, 0.6) is 0 Å². The number of piperazine rings is 1. The number of carbonyl (C=O) groups excluding carboxylic acids is 3. The maximum atomic E-state index is 13.5. The molecule has 0 radical (unpaired) electrons. The lowest BCUT2D eigenvalue weighted by Gasteiger charge is -2.36. The molecule has 7 rings (SSSR count). The Balaban J connectivity index is 1.000. The van der Waals surface area contributed by atoms with E-state index in [1.807, 2.05) is 36.5 Å². The Hall–Kier alpha value is -5.17. The van der Waals surface area contributed by atoms with Crippen LogP contribution in [0.2, 0.25) is 0 Å². The van der Waals surface area contributed by atoms with Gasteiger partial charge in [0, 0.05) is 62.5 Å². The van der Waals surface area contributed by atoms with E-state index in [-0.39, 0.29) is 34.8 Å². The summed E-state index contributed by atoms with van der Waals surface area (Å²) in [6.07, 6.45) is 8.21. The van der Waals surface area contributed by atoms with Crippen molar-refractivity contribution in [3.63, 3.8) is 0 Å². The Morgan fingerprint density at radius 1 is 0.959 bits per heavy atom. The second kappa shape index (κ2) is 13.7. The maximum Gasteiger partial charge on any atom is 0.263 e. The van der Waals surface area contributed by atoms with Crippen LogP contribution in [0.3, 0.4) is 0 Å². The van der Waals surface area contributed by atoms with Gasteiger partial charge in [-0.3, -0.25) is 34.0 Å². The van der Waals surface area contributed by atoms with Gasteiger partial charge >= 0.3 is 0 Å². The van der Waals surface area contributed by atoms with Crippen LogP contribution in [0.15, 0.2) is 53.6 Å². The molecule has 0 bridgehead atoms. The van der Waals surface area contributed by atoms with E-state index in [0.29, 0.717) is 41.2 Å². The van der Waals surface area contributed by atoms with E-state index in [9.17, 15) is 19.2 Å². The number of piperidine rings is 1. The number of rotatable bonds is 9. The highest BCUT2D eigenvalue weighted by Crippen LogP contribution is 2.32. The Labute approximate surface area is 284 Å². The molecule has 1 saturated carbocycles. The van der Waals surface area contributed by atoms with E-state index in [0.717, 1.165) is 75.3 Å². The van der Waals surface area contributed by atoms with Crippen molar-refractivity contribution < 1.29 is 14.4 Å². The molecule has 1 unspecified atom stereocenters. The lowest BCUT2D eigenvalue weighted by Crippen LogP contribution is -2.48. The van der Waals surface area contributed by atoms with Crippen molar-refractivity contribution in [2.75, 3.05) is 41.7 Å².